The van der Waals surface area contributed by atoms with Gasteiger partial charge in [0, 0.05) is 28.0 Å². The Labute approximate surface area is 297 Å². The van der Waals surface area contributed by atoms with Gasteiger partial charge in [0.2, 0.25) is 11.8 Å². The Balaban J connectivity index is 1.46. The Kier molecular flexibility index (Phi) is 10.8. The van der Waals surface area contributed by atoms with E-state index in [0.717, 1.165) is 5.39 Å². The molecule has 5 N–H and O–H groups in total. The SMILES string of the molecule is COc1nc(N)nc2c1nc(I)n2C1O[C@H](COP(=O)(N[C@H](C(=O)OCC(C)(C)C)C(C)C)Oc2cccc3ccccc23)[C@@H](O)[C@@]1(C)O. The maximum atomic E-state index is 14.7. The maximum Gasteiger partial charge on any atom is 0.459 e. The van der Waals surface area contributed by atoms with Gasteiger partial charge in [-0.15, -0.1) is 0 Å². The third-order valence-electron chi connectivity index (χ3n) is 7.91. The molecule has 4 aromatic rings. The molecule has 17 heteroatoms. The Hall–Kier alpha value is -3.12. The highest BCUT2D eigenvalue weighted by atomic mass is 127. The quantitative estimate of drug-likeness (QED) is 0.0670. The molecule has 0 bridgehead atoms. The fraction of sp³-hybridized carbons (Fsp3) is 0.500. The summed E-state index contributed by atoms with van der Waals surface area (Å²) in [5.74, 6) is -0.757. The molecule has 0 spiro atoms. The van der Waals surface area contributed by atoms with Crippen molar-refractivity contribution in [3.63, 3.8) is 0 Å². The van der Waals surface area contributed by atoms with Crippen molar-refractivity contribution in [3.05, 3.63) is 46.3 Å². The number of aliphatic hydroxyl groups is 2. The largest absolute Gasteiger partial charge is 0.479 e. The van der Waals surface area contributed by atoms with Crippen LogP contribution < -0.4 is 20.1 Å². The van der Waals surface area contributed by atoms with Gasteiger partial charge in [-0.05, 0) is 29.7 Å². The summed E-state index contributed by atoms with van der Waals surface area (Å²) < 4.78 is 45.6. The summed E-state index contributed by atoms with van der Waals surface area (Å²) in [5.41, 5.74) is 4.16. The number of carbonyl (C=O) groups excluding carboxylic acids is 1. The minimum atomic E-state index is -4.44. The molecular formula is C32H42IN6O9P. The first kappa shape index (κ1) is 37.1. The van der Waals surface area contributed by atoms with E-state index in [1.165, 1.54) is 18.6 Å². The van der Waals surface area contributed by atoms with Gasteiger partial charge in [0.15, 0.2) is 21.2 Å². The Morgan fingerprint density at radius 2 is 1.88 bits per heavy atom. The number of aliphatic hydroxyl groups excluding tert-OH is 1. The number of fused-ring (bicyclic) bond motifs is 2. The monoisotopic (exact) mass is 812 g/mol. The molecule has 0 saturated carbocycles. The number of benzene rings is 2. The first-order chi connectivity index (χ1) is 22.9. The van der Waals surface area contributed by atoms with Crippen molar-refractivity contribution >= 4 is 64.2 Å². The summed E-state index contributed by atoms with van der Waals surface area (Å²) in [6, 6.07) is 11.5. The molecule has 1 aliphatic heterocycles. The summed E-state index contributed by atoms with van der Waals surface area (Å²) in [4.78, 5) is 26.1. The van der Waals surface area contributed by atoms with Gasteiger partial charge < -0.3 is 34.7 Å². The second-order valence-corrected chi connectivity index (χ2v) is 16.3. The molecule has 266 valence electrons. The second-order valence-electron chi connectivity index (χ2n) is 13.6. The number of nitrogen functional groups attached to an aromatic ring is 1. The van der Waals surface area contributed by atoms with E-state index < -0.39 is 50.4 Å². The van der Waals surface area contributed by atoms with E-state index >= 15 is 0 Å². The van der Waals surface area contributed by atoms with E-state index in [0.29, 0.717) is 9.22 Å². The molecule has 2 unspecified atom stereocenters. The van der Waals surface area contributed by atoms with Crippen LogP contribution in [0.2, 0.25) is 0 Å². The fourth-order valence-electron chi connectivity index (χ4n) is 5.33. The summed E-state index contributed by atoms with van der Waals surface area (Å²) in [6.07, 6.45) is -4.02. The van der Waals surface area contributed by atoms with E-state index in [1.807, 2.05) is 67.6 Å². The Morgan fingerprint density at radius 3 is 2.55 bits per heavy atom. The number of nitrogens with two attached hydrogens (primary N) is 1. The highest BCUT2D eigenvalue weighted by Gasteiger charge is 2.55. The molecule has 3 heterocycles. The first-order valence-corrected chi connectivity index (χ1v) is 18.2. The lowest BCUT2D eigenvalue weighted by molar-refractivity contribution is -0.149. The highest BCUT2D eigenvalue weighted by Crippen LogP contribution is 2.49. The number of imidazole rings is 1. The minimum Gasteiger partial charge on any atom is -0.479 e. The topological polar surface area (TPSA) is 202 Å². The lowest BCUT2D eigenvalue weighted by Gasteiger charge is -2.29. The van der Waals surface area contributed by atoms with Gasteiger partial charge in [0.05, 0.1) is 20.3 Å². The molecule has 2 aromatic carbocycles. The zero-order chi connectivity index (χ0) is 35.9. The van der Waals surface area contributed by atoms with E-state index in [1.54, 1.807) is 32.0 Å². The Morgan fingerprint density at radius 1 is 1.18 bits per heavy atom. The van der Waals surface area contributed by atoms with E-state index in [-0.39, 0.29) is 46.7 Å². The van der Waals surface area contributed by atoms with Crippen molar-refractivity contribution in [1.29, 1.82) is 0 Å². The van der Waals surface area contributed by atoms with E-state index in [4.69, 9.17) is 29.0 Å². The number of esters is 1. The number of anilines is 1. The van der Waals surface area contributed by atoms with E-state index in [9.17, 15) is 19.6 Å². The number of nitrogens with one attached hydrogen (secondary N) is 1. The molecule has 1 fully saturated rings. The van der Waals surface area contributed by atoms with Crippen LogP contribution in [0.25, 0.3) is 21.9 Å². The van der Waals surface area contributed by atoms with Crippen LogP contribution in [-0.2, 0) is 23.4 Å². The number of methoxy groups -OCH3 is 1. The fourth-order valence-corrected chi connectivity index (χ4v) is 7.74. The van der Waals surface area contributed by atoms with Crippen molar-refractivity contribution in [1.82, 2.24) is 24.6 Å². The van der Waals surface area contributed by atoms with Crippen LogP contribution in [0.3, 0.4) is 0 Å². The molecule has 6 atom stereocenters. The van der Waals surface area contributed by atoms with Gasteiger partial charge in [0.1, 0.15) is 29.6 Å². The van der Waals surface area contributed by atoms with Crippen molar-refractivity contribution in [3.8, 4) is 11.6 Å². The predicted octanol–water partition coefficient (Wildman–Crippen LogP) is 4.59. The third-order valence-corrected chi connectivity index (χ3v) is 10.2. The molecule has 49 heavy (non-hydrogen) atoms. The summed E-state index contributed by atoms with van der Waals surface area (Å²) >= 11 is 1.93. The van der Waals surface area contributed by atoms with Gasteiger partial charge >= 0.3 is 13.7 Å². The van der Waals surface area contributed by atoms with Crippen LogP contribution in [-0.4, -0.2) is 79.9 Å². The number of aromatic nitrogens is 4. The predicted molar refractivity (Wildman–Crippen MR) is 190 cm³/mol. The lowest BCUT2D eigenvalue weighted by Crippen LogP contribution is -2.45. The van der Waals surface area contributed by atoms with Gasteiger partial charge in [-0.25, -0.2) is 9.55 Å². The van der Waals surface area contributed by atoms with Crippen LogP contribution in [0.4, 0.5) is 5.95 Å². The Bertz CT molecular complexity index is 1880. The van der Waals surface area contributed by atoms with Crippen molar-refractivity contribution in [2.24, 2.45) is 11.3 Å². The lowest BCUT2D eigenvalue weighted by atomic mass is 9.96. The normalized spacial score (nSPS) is 23.1. The molecule has 0 radical (unpaired) electrons. The standard InChI is InChI=1S/C32H42IN6O9P/c1-17(2)22(27(41)45-16-31(3,4)5)38-49(43,48-20-14-10-12-18-11-8-9-13-19(18)20)46-15-21-24(40)32(6,42)28(47-21)39-25-23(35-29(39)33)26(44-7)37-30(34)36-25/h8-14,17,21-22,24,28,40,42H,15-16H2,1-7H3,(H,38,43)(H2,34,36,37)/t21-,22+,24-,28?,32-,49?/m1/s1. The number of hydrogen-bond acceptors (Lipinski definition) is 13. The molecule has 2 aromatic heterocycles. The van der Waals surface area contributed by atoms with Crippen LogP contribution in [0.5, 0.6) is 11.6 Å². The second kappa shape index (κ2) is 14.2. The molecule has 0 amide bonds. The molecule has 1 aliphatic rings. The number of nitrogens with zero attached hydrogens (tertiary/aromatic N) is 4. The molecule has 5 rings (SSSR count). The molecule has 1 saturated heterocycles. The zero-order valence-electron chi connectivity index (χ0n) is 28.3. The smallest absolute Gasteiger partial charge is 0.459 e. The van der Waals surface area contributed by atoms with Crippen molar-refractivity contribution < 1.29 is 42.8 Å². The summed E-state index contributed by atoms with van der Waals surface area (Å²) in [6.45, 7) is 10.3. The number of halogens is 1. The van der Waals surface area contributed by atoms with Crippen LogP contribution in [0.15, 0.2) is 42.5 Å². The number of hydrogen-bond donors (Lipinski definition) is 4. The summed E-state index contributed by atoms with van der Waals surface area (Å²) in [5, 5.41) is 27.2. The summed E-state index contributed by atoms with van der Waals surface area (Å²) in [7, 11) is -3.03. The maximum absolute atomic E-state index is 14.7. The molecular weight excluding hydrogens is 770 g/mol. The average Bonchev–Trinajstić information content (AvgIpc) is 3.47. The van der Waals surface area contributed by atoms with Gasteiger partial charge in [-0.1, -0.05) is 71.0 Å². The number of carbonyl (C=O) groups is 1. The number of rotatable bonds is 12. The zero-order valence-corrected chi connectivity index (χ0v) is 31.3. The van der Waals surface area contributed by atoms with Crippen molar-refractivity contribution in [2.75, 3.05) is 26.1 Å². The minimum absolute atomic E-state index is 0.0988. The number of ether oxygens (including phenoxy) is 3. The first-order valence-electron chi connectivity index (χ1n) is 15.6. The molecule has 0 aliphatic carbocycles. The average molecular weight is 813 g/mol. The van der Waals surface area contributed by atoms with Crippen LogP contribution >= 0.6 is 30.3 Å². The van der Waals surface area contributed by atoms with Crippen molar-refractivity contribution in [2.45, 2.75) is 71.6 Å². The molecule has 15 nitrogen and oxygen atoms in total. The van der Waals surface area contributed by atoms with Gasteiger partial charge in [0.25, 0.3) is 0 Å². The van der Waals surface area contributed by atoms with Crippen LogP contribution in [0, 0.1) is 15.2 Å². The van der Waals surface area contributed by atoms with Gasteiger partial charge in [-0.2, -0.15) is 15.1 Å². The third kappa shape index (κ3) is 7.95. The highest BCUT2D eigenvalue weighted by molar-refractivity contribution is 14.1. The van der Waals surface area contributed by atoms with Gasteiger partial charge in [-0.3, -0.25) is 13.9 Å². The van der Waals surface area contributed by atoms with E-state index in [2.05, 4.69) is 20.0 Å². The van der Waals surface area contributed by atoms with Crippen LogP contribution in [0.1, 0.15) is 47.8 Å².